The zero-order chi connectivity index (χ0) is 18.9. The number of thioether (sulfide) groups is 1. The molecule has 1 aliphatic heterocycles. The Kier molecular flexibility index (Phi) is 7.97. The quantitative estimate of drug-likeness (QED) is 0.668. The van der Waals surface area contributed by atoms with E-state index in [1.807, 2.05) is 24.3 Å². The predicted molar refractivity (Wildman–Crippen MR) is 106 cm³/mol. The summed E-state index contributed by atoms with van der Waals surface area (Å²) in [5, 5.41) is -0.0125. The number of aliphatic imine (C=N–C) groups is 1. The minimum Gasteiger partial charge on any atom is -0.497 e. The van der Waals surface area contributed by atoms with Crippen LogP contribution in [0.5, 0.6) is 5.75 Å². The van der Waals surface area contributed by atoms with Crippen molar-refractivity contribution < 1.29 is 14.3 Å². The SMILES string of the molecule is CCCCCCCN1C(=O)C[C@@H](C(N)=O)SC1=Nc1ccc(OC)cc1. The minimum absolute atomic E-state index is 0.0877. The van der Waals surface area contributed by atoms with E-state index in [1.165, 1.54) is 31.0 Å². The number of primary amides is 1. The van der Waals surface area contributed by atoms with E-state index in [0.717, 1.165) is 18.6 Å². The van der Waals surface area contributed by atoms with Crippen molar-refractivity contribution in [3.63, 3.8) is 0 Å². The van der Waals surface area contributed by atoms with Gasteiger partial charge in [-0.1, -0.05) is 44.4 Å². The molecular formula is C19H27N3O3S. The van der Waals surface area contributed by atoms with Gasteiger partial charge in [-0.05, 0) is 30.7 Å². The molecule has 26 heavy (non-hydrogen) atoms. The monoisotopic (exact) mass is 377 g/mol. The molecule has 0 bridgehead atoms. The molecule has 1 aromatic rings. The summed E-state index contributed by atoms with van der Waals surface area (Å²) in [4.78, 5) is 30.4. The molecule has 0 radical (unpaired) electrons. The highest BCUT2D eigenvalue weighted by Crippen LogP contribution is 2.29. The number of hydrogen-bond donors (Lipinski definition) is 1. The number of methoxy groups -OCH3 is 1. The Labute approximate surface area is 159 Å². The molecule has 0 aromatic heterocycles. The summed E-state index contributed by atoms with van der Waals surface area (Å²) in [5.74, 6) is 0.174. The van der Waals surface area contributed by atoms with E-state index in [9.17, 15) is 9.59 Å². The molecule has 1 heterocycles. The van der Waals surface area contributed by atoms with Gasteiger partial charge in [0, 0.05) is 13.0 Å². The lowest BCUT2D eigenvalue weighted by molar-refractivity contribution is -0.129. The van der Waals surface area contributed by atoms with Gasteiger partial charge in [-0.15, -0.1) is 0 Å². The number of carbonyl (C=O) groups is 2. The first-order valence-corrected chi connectivity index (χ1v) is 9.92. The average molecular weight is 378 g/mol. The standard InChI is InChI=1S/C19H27N3O3S/c1-3-4-5-6-7-12-22-17(23)13-16(18(20)24)26-19(22)21-14-8-10-15(25-2)11-9-14/h8-11,16H,3-7,12-13H2,1-2H3,(H2,20,24)/t16-/m0/s1. The Morgan fingerprint density at radius 1 is 1.27 bits per heavy atom. The van der Waals surface area contributed by atoms with Crippen LogP contribution in [0.2, 0.25) is 0 Å². The van der Waals surface area contributed by atoms with Gasteiger partial charge in [-0.25, -0.2) is 4.99 Å². The number of nitrogens with zero attached hydrogens (tertiary/aromatic N) is 2. The van der Waals surface area contributed by atoms with Gasteiger partial charge in [0.1, 0.15) is 5.75 Å². The third-order valence-electron chi connectivity index (χ3n) is 4.24. The lowest BCUT2D eigenvalue weighted by Gasteiger charge is -2.31. The molecule has 7 heteroatoms. The molecule has 0 unspecified atom stereocenters. The molecule has 142 valence electrons. The van der Waals surface area contributed by atoms with Crippen LogP contribution in [0.15, 0.2) is 29.3 Å². The van der Waals surface area contributed by atoms with Crippen molar-refractivity contribution in [2.45, 2.75) is 50.7 Å². The summed E-state index contributed by atoms with van der Waals surface area (Å²) in [7, 11) is 1.61. The number of nitrogens with two attached hydrogens (primary N) is 1. The highest BCUT2D eigenvalue weighted by molar-refractivity contribution is 8.15. The Balaban J connectivity index is 2.14. The maximum Gasteiger partial charge on any atom is 0.231 e. The van der Waals surface area contributed by atoms with Crippen LogP contribution in [0.1, 0.15) is 45.4 Å². The molecular weight excluding hydrogens is 350 g/mol. The summed E-state index contributed by atoms with van der Waals surface area (Å²) in [5.41, 5.74) is 6.13. The first kappa shape index (κ1) is 20.3. The first-order valence-electron chi connectivity index (χ1n) is 9.04. The minimum atomic E-state index is -0.559. The van der Waals surface area contributed by atoms with Gasteiger partial charge >= 0.3 is 0 Å². The van der Waals surface area contributed by atoms with Crippen LogP contribution >= 0.6 is 11.8 Å². The predicted octanol–water partition coefficient (Wildman–Crippen LogP) is 3.47. The molecule has 0 saturated carbocycles. The van der Waals surface area contributed by atoms with E-state index in [2.05, 4.69) is 11.9 Å². The highest BCUT2D eigenvalue weighted by atomic mass is 32.2. The molecule has 0 aliphatic carbocycles. The van der Waals surface area contributed by atoms with E-state index in [-0.39, 0.29) is 12.3 Å². The van der Waals surface area contributed by atoms with Crippen molar-refractivity contribution in [2.24, 2.45) is 10.7 Å². The molecule has 1 aliphatic rings. The number of benzene rings is 1. The van der Waals surface area contributed by atoms with Gasteiger partial charge in [0.15, 0.2) is 5.17 Å². The summed E-state index contributed by atoms with van der Waals surface area (Å²) >= 11 is 1.27. The van der Waals surface area contributed by atoms with Crippen LogP contribution in [-0.2, 0) is 9.59 Å². The van der Waals surface area contributed by atoms with Crippen molar-refractivity contribution in [1.82, 2.24) is 4.90 Å². The maximum absolute atomic E-state index is 12.5. The second-order valence-corrected chi connectivity index (χ2v) is 7.43. The second-order valence-electron chi connectivity index (χ2n) is 6.26. The number of carbonyl (C=O) groups excluding carboxylic acids is 2. The van der Waals surface area contributed by atoms with Gasteiger partial charge in [0.25, 0.3) is 0 Å². The fourth-order valence-corrected chi connectivity index (χ4v) is 3.79. The topological polar surface area (TPSA) is 85.0 Å². The van der Waals surface area contributed by atoms with E-state index < -0.39 is 11.2 Å². The third kappa shape index (κ3) is 5.76. The molecule has 0 spiro atoms. The van der Waals surface area contributed by atoms with E-state index >= 15 is 0 Å². The first-order chi connectivity index (χ1) is 12.5. The summed E-state index contributed by atoms with van der Waals surface area (Å²) < 4.78 is 5.15. The number of amides is 2. The van der Waals surface area contributed by atoms with Gasteiger partial charge in [0.05, 0.1) is 18.0 Å². The Morgan fingerprint density at radius 3 is 2.58 bits per heavy atom. The molecule has 2 N–H and O–H groups in total. The molecule has 1 fully saturated rings. The summed E-state index contributed by atoms with van der Waals surface area (Å²) in [6.45, 7) is 2.80. The number of unbranched alkanes of at least 4 members (excludes halogenated alkanes) is 4. The average Bonchev–Trinajstić information content (AvgIpc) is 2.63. The van der Waals surface area contributed by atoms with Gasteiger partial charge in [0.2, 0.25) is 11.8 Å². The number of amidine groups is 1. The normalized spacial score (nSPS) is 19.0. The number of hydrogen-bond acceptors (Lipinski definition) is 5. The van der Waals surface area contributed by atoms with E-state index in [1.54, 1.807) is 12.0 Å². The summed E-state index contributed by atoms with van der Waals surface area (Å²) in [6.07, 6.45) is 5.70. The van der Waals surface area contributed by atoms with Gasteiger partial charge in [-0.2, -0.15) is 0 Å². The van der Waals surface area contributed by atoms with Crippen molar-refractivity contribution in [3.8, 4) is 5.75 Å². The van der Waals surface area contributed by atoms with Crippen LogP contribution in [-0.4, -0.2) is 40.8 Å². The zero-order valence-corrected chi connectivity index (χ0v) is 16.3. The maximum atomic E-state index is 12.5. The lowest BCUT2D eigenvalue weighted by atomic mass is 10.1. The van der Waals surface area contributed by atoms with Crippen molar-refractivity contribution in [3.05, 3.63) is 24.3 Å². The van der Waals surface area contributed by atoms with Crippen molar-refractivity contribution in [1.29, 1.82) is 0 Å². The molecule has 6 nitrogen and oxygen atoms in total. The fourth-order valence-electron chi connectivity index (χ4n) is 2.71. The van der Waals surface area contributed by atoms with Crippen LogP contribution in [0, 0.1) is 0 Å². The van der Waals surface area contributed by atoms with Crippen LogP contribution < -0.4 is 10.5 Å². The van der Waals surface area contributed by atoms with Crippen LogP contribution in [0.3, 0.4) is 0 Å². The van der Waals surface area contributed by atoms with Crippen molar-refractivity contribution >= 4 is 34.4 Å². The third-order valence-corrected chi connectivity index (χ3v) is 5.45. The largest absolute Gasteiger partial charge is 0.497 e. The Bertz CT molecular complexity index is 646. The molecule has 1 atom stereocenters. The molecule has 2 rings (SSSR count). The summed E-state index contributed by atoms with van der Waals surface area (Å²) in [6, 6.07) is 7.28. The molecule has 1 aromatic carbocycles. The van der Waals surface area contributed by atoms with Crippen LogP contribution in [0.25, 0.3) is 0 Å². The highest BCUT2D eigenvalue weighted by Gasteiger charge is 2.34. The number of rotatable bonds is 9. The van der Waals surface area contributed by atoms with E-state index in [4.69, 9.17) is 10.5 Å². The van der Waals surface area contributed by atoms with Gasteiger partial charge in [-0.3, -0.25) is 14.5 Å². The van der Waals surface area contributed by atoms with E-state index in [0.29, 0.717) is 17.4 Å². The van der Waals surface area contributed by atoms with Gasteiger partial charge < -0.3 is 10.5 Å². The van der Waals surface area contributed by atoms with Crippen molar-refractivity contribution in [2.75, 3.05) is 13.7 Å². The zero-order valence-electron chi connectivity index (χ0n) is 15.4. The Morgan fingerprint density at radius 2 is 1.96 bits per heavy atom. The Hall–Kier alpha value is -2.02. The molecule has 2 amide bonds. The lowest BCUT2D eigenvalue weighted by Crippen LogP contribution is -2.45. The fraction of sp³-hybridized carbons (Fsp3) is 0.526. The smallest absolute Gasteiger partial charge is 0.231 e. The molecule has 1 saturated heterocycles. The second kappa shape index (κ2) is 10.2. The number of ether oxygens (including phenoxy) is 1. The van der Waals surface area contributed by atoms with Crippen LogP contribution in [0.4, 0.5) is 5.69 Å².